The predicted octanol–water partition coefficient (Wildman–Crippen LogP) is 4.43. The monoisotopic (exact) mass is 280 g/mol. The van der Waals surface area contributed by atoms with E-state index in [-0.39, 0.29) is 0 Å². The highest BCUT2D eigenvalue weighted by Crippen LogP contribution is 2.13. The van der Waals surface area contributed by atoms with E-state index >= 15 is 0 Å². The molecule has 0 aliphatic heterocycles. The van der Waals surface area contributed by atoms with Crippen LogP contribution >= 0.6 is 0 Å². The van der Waals surface area contributed by atoms with Crippen molar-refractivity contribution in [2.45, 2.75) is 65.5 Å². The third-order valence-electron chi connectivity index (χ3n) is 2.27. The molecule has 0 heterocycles. The van der Waals surface area contributed by atoms with Crippen molar-refractivity contribution in [3.63, 3.8) is 0 Å². The van der Waals surface area contributed by atoms with Crippen LogP contribution in [-0.4, -0.2) is 21.9 Å². The Labute approximate surface area is 115 Å². The molecule has 0 atom stereocenters. The lowest BCUT2D eigenvalue weighted by Gasteiger charge is -2.12. The van der Waals surface area contributed by atoms with Gasteiger partial charge in [0.1, 0.15) is 13.9 Å². The van der Waals surface area contributed by atoms with Crippen molar-refractivity contribution >= 4 is 21.9 Å². The first-order valence-corrected chi connectivity index (χ1v) is 13.9. The van der Waals surface area contributed by atoms with E-state index in [2.05, 4.69) is 56.4 Å². The maximum Gasteiger partial charge on any atom is 0.132 e. The van der Waals surface area contributed by atoms with Crippen molar-refractivity contribution < 1.29 is 4.79 Å². The molecule has 0 radical (unpaired) electrons. The number of ketones is 1. The molecule has 0 aromatic carbocycles. The van der Waals surface area contributed by atoms with E-state index in [0.717, 1.165) is 6.42 Å². The fourth-order valence-electron chi connectivity index (χ4n) is 1.41. The first kappa shape index (κ1) is 17.4. The largest absolute Gasteiger partial charge is 0.300 e. The predicted molar refractivity (Wildman–Crippen MR) is 87.1 cm³/mol. The van der Waals surface area contributed by atoms with E-state index in [4.69, 9.17) is 0 Å². The van der Waals surface area contributed by atoms with Crippen LogP contribution in [0.25, 0.3) is 0 Å². The summed E-state index contributed by atoms with van der Waals surface area (Å²) in [5.74, 6) is 3.69. The maximum absolute atomic E-state index is 11.4. The zero-order valence-electron chi connectivity index (χ0n) is 13.1. The van der Waals surface area contributed by atoms with Gasteiger partial charge in [-0.3, -0.25) is 4.79 Å². The highest BCUT2D eigenvalue weighted by molar-refractivity contribution is 6.84. The van der Waals surface area contributed by atoms with Crippen LogP contribution in [0.15, 0.2) is 11.3 Å². The summed E-state index contributed by atoms with van der Waals surface area (Å²) in [5.41, 5.74) is 6.96. The molecule has 102 valence electrons. The minimum absolute atomic E-state index is 0.339. The molecule has 0 aliphatic rings. The van der Waals surface area contributed by atoms with Gasteiger partial charge in [-0.2, -0.15) is 0 Å². The highest BCUT2D eigenvalue weighted by atomic mass is 28.3. The molecule has 0 aromatic rings. The second kappa shape index (κ2) is 7.11. The fourth-order valence-corrected chi connectivity index (χ4v) is 3.21. The third-order valence-corrected chi connectivity index (χ3v) is 4.36. The molecule has 0 unspecified atom stereocenters. The van der Waals surface area contributed by atoms with Gasteiger partial charge in [0, 0.05) is 12.8 Å². The van der Waals surface area contributed by atoms with Gasteiger partial charge in [0.2, 0.25) is 0 Å². The molecule has 0 rings (SSSR count). The SMILES string of the molecule is CCC(=O)CC/C(C#C[Si](C)(C)C)=C/[Si](C)(C)C. The second-order valence-corrected chi connectivity index (χ2v) is 16.7. The molecule has 0 bridgehead atoms. The molecule has 0 N–H and O–H groups in total. The highest BCUT2D eigenvalue weighted by Gasteiger charge is 2.12. The molecule has 0 fully saturated rings. The molecule has 0 amide bonds. The lowest BCUT2D eigenvalue weighted by Crippen LogP contribution is -2.18. The zero-order chi connectivity index (χ0) is 14.4. The van der Waals surface area contributed by atoms with Gasteiger partial charge in [-0.1, -0.05) is 57.8 Å². The summed E-state index contributed by atoms with van der Waals surface area (Å²) in [7, 11) is -2.59. The van der Waals surface area contributed by atoms with Crippen LogP contribution in [0.5, 0.6) is 0 Å². The number of rotatable bonds is 5. The van der Waals surface area contributed by atoms with Crippen molar-refractivity contribution in [2.24, 2.45) is 0 Å². The molecule has 3 heteroatoms. The molecule has 0 aromatic heterocycles. The maximum atomic E-state index is 11.4. The topological polar surface area (TPSA) is 17.1 Å². The summed E-state index contributed by atoms with van der Waals surface area (Å²) >= 11 is 0. The smallest absolute Gasteiger partial charge is 0.132 e. The van der Waals surface area contributed by atoms with Gasteiger partial charge in [-0.25, -0.2) is 0 Å². The summed E-state index contributed by atoms with van der Waals surface area (Å²) < 4.78 is 0. The number of carbonyl (C=O) groups excluding carboxylic acids is 1. The van der Waals surface area contributed by atoms with Crippen molar-refractivity contribution in [1.82, 2.24) is 0 Å². The molecule has 18 heavy (non-hydrogen) atoms. The Morgan fingerprint density at radius 3 is 2.00 bits per heavy atom. The van der Waals surface area contributed by atoms with E-state index in [0.29, 0.717) is 18.6 Å². The minimum atomic E-state index is -1.33. The standard InChI is InChI=1S/C15H28OSi2/c1-8-15(16)10-9-14(13-18(5,6)7)11-12-17(2,3)4/h13H,8-10H2,1-7H3/b14-13-. The van der Waals surface area contributed by atoms with Gasteiger partial charge in [0.25, 0.3) is 0 Å². The summed E-state index contributed by atoms with van der Waals surface area (Å²) in [5, 5.41) is 0. The van der Waals surface area contributed by atoms with E-state index in [9.17, 15) is 4.79 Å². The number of allylic oxidation sites excluding steroid dienone is 1. The Kier molecular flexibility index (Phi) is 6.87. The van der Waals surface area contributed by atoms with Gasteiger partial charge in [0.05, 0.1) is 8.07 Å². The molecule has 0 spiro atoms. The average molecular weight is 281 g/mol. The lowest BCUT2D eigenvalue weighted by molar-refractivity contribution is -0.118. The van der Waals surface area contributed by atoms with Crippen LogP contribution in [0.1, 0.15) is 26.2 Å². The number of Topliss-reactive ketones (excluding diaryl/α,β-unsaturated/α-hetero) is 1. The molecule has 1 nitrogen and oxygen atoms in total. The van der Waals surface area contributed by atoms with Crippen LogP contribution in [0.2, 0.25) is 39.3 Å². The van der Waals surface area contributed by atoms with E-state index in [1.807, 2.05) is 6.92 Å². The van der Waals surface area contributed by atoms with E-state index < -0.39 is 16.1 Å². The number of carbonyl (C=O) groups is 1. The zero-order valence-corrected chi connectivity index (χ0v) is 15.1. The normalized spacial score (nSPS) is 12.9. The van der Waals surface area contributed by atoms with Crippen molar-refractivity contribution in [1.29, 1.82) is 0 Å². The fraction of sp³-hybridized carbons (Fsp3) is 0.667. The van der Waals surface area contributed by atoms with Crippen molar-refractivity contribution in [3.8, 4) is 11.5 Å². The Hall–Kier alpha value is -0.596. The Balaban J connectivity index is 4.90. The van der Waals surface area contributed by atoms with Gasteiger partial charge < -0.3 is 0 Å². The Morgan fingerprint density at radius 2 is 1.61 bits per heavy atom. The third kappa shape index (κ3) is 10.6. The van der Waals surface area contributed by atoms with Crippen LogP contribution in [0, 0.1) is 11.5 Å². The van der Waals surface area contributed by atoms with Gasteiger partial charge in [-0.05, 0) is 12.0 Å². The van der Waals surface area contributed by atoms with Gasteiger partial charge in [0.15, 0.2) is 0 Å². The summed E-state index contributed by atoms with van der Waals surface area (Å²) in [6.45, 7) is 15.6. The van der Waals surface area contributed by atoms with Crippen LogP contribution < -0.4 is 0 Å². The first-order valence-electron chi connectivity index (χ1n) is 6.80. The van der Waals surface area contributed by atoms with E-state index in [1.165, 1.54) is 5.57 Å². The molecule has 0 saturated carbocycles. The molecular formula is C15H28OSi2. The van der Waals surface area contributed by atoms with Gasteiger partial charge in [-0.15, -0.1) is 5.54 Å². The van der Waals surface area contributed by atoms with Crippen LogP contribution in [0.3, 0.4) is 0 Å². The second-order valence-electron chi connectivity index (χ2n) is 6.93. The van der Waals surface area contributed by atoms with Crippen LogP contribution in [0.4, 0.5) is 0 Å². The lowest BCUT2D eigenvalue weighted by atomic mass is 10.1. The Morgan fingerprint density at radius 1 is 1.06 bits per heavy atom. The van der Waals surface area contributed by atoms with Gasteiger partial charge >= 0.3 is 0 Å². The quantitative estimate of drug-likeness (QED) is 0.538. The summed E-state index contributed by atoms with van der Waals surface area (Å²) in [6, 6.07) is 0. The average Bonchev–Trinajstić information content (AvgIpc) is 2.18. The molecule has 0 aliphatic carbocycles. The van der Waals surface area contributed by atoms with E-state index in [1.54, 1.807) is 0 Å². The number of hydrogen-bond acceptors (Lipinski definition) is 1. The summed E-state index contributed by atoms with van der Waals surface area (Å²) in [6.07, 6.45) is 2.11. The number of hydrogen-bond donors (Lipinski definition) is 0. The minimum Gasteiger partial charge on any atom is -0.300 e. The Bertz CT molecular complexity index is 370. The molecular weight excluding hydrogens is 252 g/mol. The van der Waals surface area contributed by atoms with Crippen molar-refractivity contribution in [3.05, 3.63) is 11.3 Å². The first-order chi connectivity index (χ1) is 8.03. The summed E-state index contributed by atoms with van der Waals surface area (Å²) in [4.78, 5) is 11.4. The molecule has 0 saturated heterocycles. The van der Waals surface area contributed by atoms with Crippen molar-refractivity contribution in [2.75, 3.05) is 0 Å². The van der Waals surface area contributed by atoms with Crippen LogP contribution in [-0.2, 0) is 4.79 Å².